The second-order valence-corrected chi connectivity index (χ2v) is 4.66. The number of hydrogen-bond acceptors (Lipinski definition) is 2. The van der Waals surface area contributed by atoms with E-state index in [1.807, 2.05) is 0 Å². The van der Waals surface area contributed by atoms with Crippen LogP contribution >= 0.6 is 0 Å². The SMILES string of the molecule is O=[N+]([O-])c1cccc2c1ccn2Cc1ccc(F)c(F)c1. The fourth-order valence-electron chi connectivity index (χ4n) is 2.34. The fourth-order valence-corrected chi connectivity index (χ4v) is 2.34. The predicted molar refractivity (Wildman–Crippen MR) is 74.1 cm³/mol. The van der Waals surface area contributed by atoms with E-state index >= 15 is 0 Å². The van der Waals surface area contributed by atoms with Crippen molar-refractivity contribution < 1.29 is 13.7 Å². The number of hydrogen-bond donors (Lipinski definition) is 0. The maximum atomic E-state index is 13.2. The average molecular weight is 288 g/mol. The van der Waals surface area contributed by atoms with Gasteiger partial charge in [-0.2, -0.15) is 0 Å². The van der Waals surface area contributed by atoms with Crippen LogP contribution in [0.15, 0.2) is 48.7 Å². The molecule has 6 heteroatoms. The maximum absolute atomic E-state index is 13.2. The van der Waals surface area contributed by atoms with Gasteiger partial charge >= 0.3 is 0 Å². The molecule has 0 bridgehead atoms. The first-order chi connectivity index (χ1) is 10.1. The molecule has 0 aliphatic heterocycles. The molecule has 3 rings (SSSR count). The van der Waals surface area contributed by atoms with Crippen LogP contribution in [0, 0.1) is 21.7 Å². The number of non-ortho nitro benzene ring substituents is 1. The van der Waals surface area contributed by atoms with Crippen LogP contribution in [0.4, 0.5) is 14.5 Å². The van der Waals surface area contributed by atoms with Gasteiger partial charge in [-0.3, -0.25) is 10.1 Å². The van der Waals surface area contributed by atoms with Gasteiger partial charge in [0, 0.05) is 18.8 Å². The summed E-state index contributed by atoms with van der Waals surface area (Å²) < 4.78 is 27.9. The highest BCUT2D eigenvalue weighted by Gasteiger charge is 2.14. The van der Waals surface area contributed by atoms with E-state index in [1.54, 1.807) is 29.0 Å². The summed E-state index contributed by atoms with van der Waals surface area (Å²) in [5.41, 5.74) is 1.28. The van der Waals surface area contributed by atoms with Gasteiger partial charge in [0.2, 0.25) is 0 Å². The van der Waals surface area contributed by atoms with Gasteiger partial charge in [0.1, 0.15) is 0 Å². The topological polar surface area (TPSA) is 48.1 Å². The van der Waals surface area contributed by atoms with Crippen LogP contribution in [0.3, 0.4) is 0 Å². The van der Waals surface area contributed by atoms with E-state index in [9.17, 15) is 18.9 Å². The summed E-state index contributed by atoms with van der Waals surface area (Å²) in [6.07, 6.45) is 1.69. The van der Waals surface area contributed by atoms with E-state index in [1.165, 1.54) is 12.1 Å². The molecule has 1 aromatic heterocycles. The number of nitro benzene ring substituents is 1. The Kier molecular flexibility index (Phi) is 3.13. The highest BCUT2D eigenvalue weighted by Crippen LogP contribution is 2.26. The van der Waals surface area contributed by atoms with Crippen molar-refractivity contribution in [1.29, 1.82) is 0 Å². The predicted octanol–water partition coefficient (Wildman–Crippen LogP) is 3.88. The van der Waals surface area contributed by atoms with Crippen LogP contribution < -0.4 is 0 Å². The van der Waals surface area contributed by atoms with Crippen molar-refractivity contribution in [2.75, 3.05) is 0 Å². The van der Waals surface area contributed by atoms with Gasteiger partial charge in [-0.05, 0) is 29.8 Å². The van der Waals surface area contributed by atoms with Crippen molar-refractivity contribution in [3.8, 4) is 0 Å². The molecular formula is C15H10F2N2O2. The Morgan fingerprint density at radius 1 is 1.10 bits per heavy atom. The summed E-state index contributed by atoms with van der Waals surface area (Å²) in [6, 6.07) is 10.1. The Labute approximate surface area is 118 Å². The Hall–Kier alpha value is -2.76. The Balaban J connectivity index is 2.03. The zero-order valence-electron chi connectivity index (χ0n) is 10.8. The van der Waals surface area contributed by atoms with Crippen molar-refractivity contribution in [2.45, 2.75) is 6.54 Å². The molecule has 2 aromatic carbocycles. The van der Waals surface area contributed by atoms with Crippen molar-refractivity contribution in [2.24, 2.45) is 0 Å². The quantitative estimate of drug-likeness (QED) is 0.542. The second kappa shape index (κ2) is 4.97. The molecule has 0 spiro atoms. The molecule has 0 atom stereocenters. The molecule has 1 heterocycles. The monoisotopic (exact) mass is 288 g/mol. The highest BCUT2D eigenvalue weighted by molar-refractivity contribution is 5.89. The smallest absolute Gasteiger partial charge is 0.278 e. The average Bonchev–Trinajstić information content (AvgIpc) is 2.86. The second-order valence-electron chi connectivity index (χ2n) is 4.66. The maximum Gasteiger partial charge on any atom is 0.278 e. The molecule has 106 valence electrons. The van der Waals surface area contributed by atoms with E-state index in [4.69, 9.17) is 0 Å². The third-order valence-electron chi connectivity index (χ3n) is 3.32. The first-order valence-corrected chi connectivity index (χ1v) is 6.22. The van der Waals surface area contributed by atoms with Crippen LogP contribution in [0.5, 0.6) is 0 Å². The van der Waals surface area contributed by atoms with Crippen LogP contribution in [0.1, 0.15) is 5.56 Å². The summed E-state index contributed by atoms with van der Waals surface area (Å²) in [5.74, 6) is -1.80. The number of benzene rings is 2. The van der Waals surface area contributed by atoms with E-state index < -0.39 is 16.6 Å². The zero-order valence-corrected chi connectivity index (χ0v) is 10.8. The van der Waals surface area contributed by atoms with Gasteiger partial charge in [-0.15, -0.1) is 0 Å². The van der Waals surface area contributed by atoms with Crippen LogP contribution in [-0.4, -0.2) is 9.49 Å². The molecular weight excluding hydrogens is 278 g/mol. The molecule has 0 aliphatic carbocycles. The Morgan fingerprint density at radius 3 is 2.62 bits per heavy atom. The lowest BCUT2D eigenvalue weighted by Gasteiger charge is -2.06. The number of halogens is 2. The van der Waals surface area contributed by atoms with E-state index in [-0.39, 0.29) is 5.69 Å². The largest absolute Gasteiger partial charge is 0.343 e. The van der Waals surface area contributed by atoms with Crippen molar-refractivity contribution in [3.05, 3.63) is 76.0 Å². The molecule has 4 nitrogen and oxygen atoms in total. The minimum atomic E-state index is -0.907. The van der Waals surface area contributed by atoms with Crippen LogP contribution in [0.25, 0.3) is 10.9 Å². The van der Waals surface area contributed by atoms with Crippen molar-refractivity contribution >= 4 is 16.6 Å². The van der Waals surface area contributed by atoms with Gasteiger partial charge in [-0.1, -0.05) is 12.1 Å². The Morgan fingerprint density at radius 2 is 1.90 bits per heavy atom. The van der Waals surface area contributed by atoms with E-state index in [0.717, 1.165) is 12.1 Å². The number of aromatic nitrogens is 1. The van der Waals surface area contributed by atoms with Gasteiger partial charge < -0.3 is 4.57 Å². The molecule has 21 heavy (non-hydrogen) atoms. The van der Waals surface area contributed by atoms with Gasteiger partial charge in [0.25, 0.3) is 5.69 Å². The molecule has 0 fully saturated rings. The minimum Gasteiger partial charge on any atom is -0.343 e. The van der Waals surface area contributed by atoms with Crippen molar-refractivity contribution in [3.63, 3.8) is 0 Å². The first kappa shape index (κ1) is 13.2. The van der Waals surface area contributed by atoms with Gasteiger partial charge in [0.15, 0.2) is 11.6 Å². The van der Waals surface area contributed by atoms with Gasteiger partial charge in [-0.25, -0.2) is 8.78 Å². The summed E-state index contributed by atoms with van der Waals surface area (Å²) >= 11 is 0. The molecule has 0 N–H and O–H groups in total. The third kappa shape index (κ3) is 2.35. The lowest BCUT2D eigenvalue weighted by atomic mass is 10.2. The first-order valence-electron chi connectivity index (χ1n) is 6.22. The normalized spacial score (nSPS) is 11.0. The Bertz CT molecular complexity index is 843. The summed E-state index contributed by atoms with van der Waals surface area (Å²) in [5, 5.41) is 11.5. The van der Waals surface area contributed by atoms with Crippen LogP contribution in [0.2, 0.25) is 0 Å². The lowest BCUT2D eigenvalue weighted by molar-refractivity contribution is -0.383. The zero-order chi connectivity index (χ0) is 15.0. The van der Waals surface area contributed by atoms with Gasteiger partial charge in [0.05, 0.1) is 15.8 Å². The molecule has 0 aliphatic rings. The number of nitrogens with zero attached hydrogens (tertiary/aromatic N) is 2. The number of nitro groups is 1. The number of fused-ring (bicyclic) bond motifs is 1. The van der Waals surface area contributed by atoms with E-state index in [0.29, 0.717) is 23.0 Å². The third-order valence-corrected chi connectivity index (χ3v) is 3.32. The molecule has 3 aromatic rings. The molecule has 0 amide bonds. The summed E-state index contributed by atoms with van der Waals surface area (Å²) in [4.78, 5) is 10.5. The molecule has 0 saturated carbocycles. The summed E-state index contributed by atoms with van der Waals surface area (Å²) in [6.45, 7) is 0.307. The standard InChI is InChI=1S/C15H10F2N2O2/c16-12-5-4-10(8-13(12)17)9-18-7-6-11-14(18)2-1-3-15(11)19(20)21/h1-8H,9H2. The summed E-state index contributed by atoms with van der Waals surface area (Å²) in [7, 11) is 0. The highest BCUT2D eigenvalue weighted by atomic mass is 19.2. The minimum absolute atomic E-state index is 0.0246. The number of rotatable bonds is 3. The van der Waals surface area contributed by atoms with E-state index in [2.05, 4.69) is 0 Å². The fraction of sp³-hybridized carbons (Fsp3) is 0.0667. The van der Waals surface area contributed by atoms with Crippen LogP contribution in [-0.2, 0) is 6.54 Å². The molecule has 0 radical (unpaired) electrons. The van der Waals surface area contributed by atoms with Crippen molar-refractivity contribution in [1.82, 2.24) is 4.57 Å². The lowest BCUT2D eigenvalue weighted by Crippen LogP contribution is -1.99. The molecule has 0 unspecified atom stereocenters. The molecule has 0 saturated heterocycles.